The summed E-state index contributed by atoms with van der Waals surface area (Å²) in [5, 5.41) is 5.30. The highest BCUT2D eigenvalue weighted by molar-refractivity contribution is 5.84. The van der Waals surface area contributed by atoms with Crippen LogP contribution in [0.15, 0.2) is 133 Å². The van der Waals surface area contributed by atoms with Gasteiger partial charge in [-0.25, -0.2) is 0 Å². The second kappa shape index (κ2) is 13.4. The lowest BCUT2D eigenvalue weighted by Crippen LogP contribution is -2.33. The first kappa shape index (κ1) is 28.3. The molecule has 0 aromatic heterocycles. The molecule has 0 aliphatic rings. The third-order valence-electron chi connectivity index (χ3n) is 7.26. The molecule has 1 atom stereocenters. The van der Waals surface area contributed by atoms with Crippen molar-refractivity contribution >= 4 is 23.0 Å². The number of para-hydroxylation sites is 4. The smallest absolute Gasteiger partial charge is 0.228 e. The summed E-state index contributed by atoms with van der Waals surface area (Å²) in [5.74, 6) is 0.875. The van der Waals surface area contributed by atoms with E-state index in [9.17, 15) is 4.79 Å². The van der Waals surface area contributed by atoms with Crippen molar-refractivity contribution in [3.8, 4) is 11.5 Å². The summed E-state index contributed by atoms with van der Waals surface area (Å²) < 4.78 is 11.3. The first-order valence-corrected chi connectivity index (χ1v) is 13.9. The number of nitrogens with one attached hydrogen (secondary N) is 2. The first-order chi connectivity index (χ1) is 20.6. The van der Waals surface area contributed by atoms with E-state index in [0.717, 1.165) is 33.8 Å². The summed E-state index contributed by atoms with van der Waals surface area (Å²) in [4.78, 5) is 13.8. The molecule has 212 valence electrons. The van der Waals surface area contributed by atoms with Crippen molar-refractivity contribution in [2.75, 3.05) is 24.7 Å². The molecule has 0 aliphatic heterocycles. The van der Waals surface area contributed by atoms with E-state index in [1.165, 1.54) is 0 Å². The van der Waals surface area contributed by atoms with Gasteiger partial charge in [0.15, 0.2) is 0 Å². The van der Waals surface area contributed by atoms with Gasteiger partial charge in [0, 0.05) is 11.1 Å². The van der Waals surface area contributed by atoms with Gasteiger partial charge in [-0.05, 0) is 61.0 Å². The van der Waals surface area contributed by atoms with Crippen LogP contribution >= 0.6 is 0 Å². The fourth-order valence-corrected chi connectivity index (χ4v) is 4.96. The zero-order valence-corrected chi connectivity index (χ0v) is 24.0. The molecule has 2 N–H and O–H groups in total. The maximum atomic E-state index is 13.8. The summed E-state index contributed by atoms with van der Waals surface area (Å²) in [7, 11) is 3.27. The number of hydrogen-bond acceptors (Lipinski definition) is 5. The molecule has 6 nitrogen and oxygen atoms in total. The highest BCUT2D eigenvalue weighted by Crippen LogP contribution is 2.35. The molecule has 6 heteroatoms. The van der Waals surface area contributed by atoms with E-state index in [1.54, 1.807) is 14.2 Å². The Morgan fingerprint density at radius 3 is 1.64 bits per heavy atom. The standard InChI is InChI=1S/C36H35N3O3/c1-26(36(40)37-35(31-18-10-12-20-33(31)41-2)32-19-11-13-21-34(32)42-3)27-22-24-30(25-23-27)39(29-16-8-5-9-17-29)38-28-14-6-4-7-15-28/h4-26,35,38H,1-3H3,(H,37,40). The third kappa shape index (κ3) is 6.39. The molecule has 5 aromatic rings. The molecular weight excluding hydrogens is 522 g/mol. The molecular formula is C36H35N3O3. The van der Waals surface area contributed by atoms with Gasteiger partial charge < -0.3 is 14.8 Å². The Hall–Kier alpha value is -5.23. The van der Waals surface area contributed by atoms with Crippen LogP contribution in [0.2, 0.25) is 0 Å². The molecule has 0 radical (unpaired) electrons. The Morgan fingerprint density at radius 1 is 0.619 bits per heavy atom. The highest BCUT2D eigenvalue weighted by Gasteiger charge is 2.26. The van der Waals surface area contributed by atoms with Crippen LogP contribution in [0.25, 0.3) is 0 Å². The van der Waals surface area contributed by atoms with Crippen molar-refractivity contribution in [3.05, 3.63) is 150 Å². The van der Waals surface area contributed by atoms with E-state index in [2.05, 4.69) is 22.9 Å². The molecule has 0 spiro atoms. The largest absolute Gasteiger partial charge is 0.496 e. The molecule has 0 saturated carbocycles. The third-order valence-corrected chi connectivity index (χ3v) is 7.26. The lowest BCUT2D eigenvalue weighted by Gasteiger charge is -2.27. The second-order valence-electron chi connectivity index (χ2n) is 9.89. The van der Waals surface area contributed by atoms with Crippen molar-refractivity contribution in [3.63, 3.8) is 0 Å². The number of hydrazine groups is 1. The van der Waals surface area contributed by atoms with Gasteiger partial charge in [0.2, 0.25) is 5.91 Å². The van der Waals surface area contributed by atoms with Gasteiger partial charge in [-0.15, -0.1) is 0 Å². The molecule has 0 heterocycles. The fourth-order valence-electron chi connectivity index (χ4n) is 4.96. The minimum absolute atomic E-state index is 0.105. The summed E-state index contributed by atoms with van der Waals surface area (Å²) in [6.45, 7) is 1.92. The molecule has 1 unspecified atom stereocenters. The lowest BCUT2D eigenvalue weighted by atomic mass is 9.94. The van der Waals surface area contributed by atoms with Crippen LogP contribution in [0.3, 0.4) is 0 Å². The van der Waals surface area contributed by atoms with Crippen LogP contribution in [-0.4, -0.2) is 20.1 Å². The second-order valence-corrected chi connectivity index (χ2v) is 9.89. The number of ether oxygens (including phenoxy) is 2. The van der Waals surface area contributed by atoms with Gasteiger partial charge >= 0.3 is 0 Å². The summed E-state index contributed by atoms with van der Waals surface area (Å²) >= 11 is 0. The van der Waals surface area contributed by atoms with Crippen LogP contribution in [0.4, 0.5) is 17.1 Å². The number of methoxy groups -OCH3 is 2. The van der Waals surface area contributed by atoms with Crippen molar-refractivity contribution in [2.24, 2.45) is 0 Å². The number of hydrogen-bond donors (Lipinski definition) is 2. The Balaban J connectivity index is 1.41. The number of rotatable bonds is 11. The van der Waals surface area contributed by atoms with E-state index >= 15 is 0 Å². The summed E-state index contributed by atoms with van der Waals surface area (Å²) in [5.41, 5.74) is 9.02. The predicted octanol–water partition coefficient (Wildman–Crippen LogP) is 7.88. The van der Waals surface area contributed by atoms with Gasteiger partial charge in [0.1, 0.15) is 11.5 Å². The van der Waals surface area contributed by atoms with Crippen LogP contribution in [0.1, 0.15) is 35.6 Å². The van der Waals surface area contributed by atoms with E-state index in [-0.39, 0.29) is 5.91 Å². The molecule has 0 saturated heterocycles. The normalized spacial score (nSPS) is 11.4. The van der Waals surface area contributed by atoms with Crippen molar-refractivity contribution in [2.45, 2.75) is 18.9 Å². The average Bonchev–Trinajstić information content (AvgIpc) is 3.06. The van der Waals surface area contributed by atoms with Gasteiger partial charge in [-0.3, -0.25) is 15.2 Å². The Bertz CT molecular complexity index is 1540. The monoisotopic (exact) mass is 557 g/mol. The minimum Gasteiger partial charge on any atom is -0.496 e. The van der Waals surface area contributed by atoms with Crippen molar-refractivity contribution in [1.29, 1.82) is 0 Å². The Morgan fingerprint density at radius 2 is 1.10 bits per heavy atom. The number of carbonyl (C=O) groups excluding carboxylic acids is 1. The molecule has 5 aromatic carbocycles. The van der Waals surface area contributed by atoms with Gasteiger partial charge in [0.25, 0.3) is 0 Å². The first-order valence-electron chi connectivity index (χ1n) is 13.9. The Labute approximate surface area is 247 Å². The number of benzene rings is 5. The number of carbonyl (C=O) groups is 1. The predicted molar refractivity (Wildman–Crippen MR) is 169 cm³/mol. The maximum absolute atomic E-state index is 13.8. The molecule has 0 fully saturated rings. The molecule has 0 aliphatic carbocycles. The fraction of sp³-hybridized carbons (Fsp3) is 0.139. The van der Waals surface area contributed by atoms with Crippen LogP contribution in [-0.2, 0) is 4.79 Å². The molecule has 5 rings (SSSR count). The van der Waals surface area contributed by atoms with Gasteiger partial charge in [-0.2, -0.15) is 0 Å². The molecule has 0 bridgehead atoms. The van der Waals surface area contributed by atoms with Crippen LogP contribution in [0, 0.1) is 0 Å². The van der Waals surface area contributed by atoms with Crippen molar-refractivity contribution < 1.29 is 14.3 Å². The Kier molecular flexibility index (Phi) is 9.04. The van der Waals surface area contributed by atoms with E-state index < -0.39 is 12.0 Å². The molecule has 42 heavy (non-hydrogen) atoms. The van der Waals surface area contributed by atoms with Gasteiger partial charge in [0.05, 0.1) is 43.2 Å². The summed E-state index contributed by atoms with van der Waals surface area (Å²) in [6.07, 6.45) is 0. The maximum Gasteiger partial charge on any atom is 0.228 e. The number of amides is 1. The van der Waals surface area contributed by atoms with E-state index in [1.807, 2.05) is 133 Å². The number of nitrogens with zero attached hydrogens (tertiary/aromatic N) is 1. The lowest BCUT2D eigenvalue weighted by molar-refractivity contribution is -0.122. The highest BCUT2D eigenvalue weighted by atomic mass is 16.5. The van der Waals surface area contributed by atoms with E-state index in [4.69, 9.17) is 9.47 Å². The van der Waals surface area contributed by atoms with Crippen molar-refractivity contribution in [1.82, 2.24) is 5.32 Å². The topological polar surface area (TPSA) is 62.8 Å². The number of anilines is 3. The van der Waals surface area contributed by atoms with Gasteiger partial charge in [-0.1, -0.05) is 84.9 Å². The zero-order valence-electron chi connectivity index (χ0n) is 24.0. The quantitative estimate of drug-likeness (QED) is 0.162. The molecule has 1 amide bonds. The van der Waals surface area contributed by atoms with Crippen LogP contribution in [0.5, 0.6) is 11.5 Å². The summed E-state index contributed by atoms with van der Waals surface area (Å²) in [6, 6.07) is 43.2. The van der Waals surface area contributed by atoms with Crippen LogP contribution < -0.4 is 25.2 Å². The van der Waals surface area contributed by atoms with E-state index in [0.29, 0.717) is 11.5 Å². The minimum atomic E-state index is -0.463. The zero-order chi connectivity index (χ0) is 29.3. The SMILES string of the molecule is COc1ccccc1C(NC(=O)C(C)c1ccc(N(Nc2ccccc2)c2ccccc2)cc1)c1ccccc1OC. The average molecular weight is 558 g/mol.